The molecule has 2 saturated heterocycles. The standard InChI is InChI=1S/C20H38F3N5.HI/c1-5-24-19(25-13-18-7-6-8-26(15-18)14-16(2)3)28-11-9-27(10-12-28)17(4)20(21,22)23;/h16-18H,5-15H2,1-4H3,(H,24,25);1H. The highest BCUT2D eigenvalue weighted by Crippen LogP contribution is 2.25. The van der Waals surface area contributed by atoms with Crippen LogP contribution in [-0.4, -0.2) is 91.8 Å². The average Bonchev–Trinajstić information content (AvgIpc) is 2.64. The largest absolute Gasteiger partial charge is 0.403 e. The number of halogens is 4. The van der Waals surface area contributed by atoms with Crippen molar-refractivity contribution in [2.24, 2.45) is 16.8 Å². The van der Waals surface area contributed by atoms with E-state index in [9.17, 15) is 13.2 Å². The molecule has 1 N–H and O–H groups in total. The number of likely N-dealkylation sites (tertiary alicyclic amines) is 1. The Bertz CT molecular complexity index is 493. The molecular weight excluding hydrogens is 494 g/mol. The minimum atomic E-state index is -4.16. The van der Waals surface area contributed by atoms with E-state index < -0.39 is 12.2 Å². The van der Waals surface area contributed by atoms with Gasteiger partial charge >= 0.3 is 6.18 Å². The third-order valence-electron chi connectivity index (χ3n) is 5.70. The van der Waals surface area contributed by atoms with E-state index in [4.69, 9.17) is 4.99 Å². The molecule has 2 aliphatic rings. The van der Waals surface area contributed by atoms with E-state index in [-0.39, 0.29) is 24.0 Å². The third kappa shape index (κ3) is 8.77. The van der Waals surface area contributed by atoms with E-state index in [0.29, 0.717) is 38.0 Å². The molecule has 0 amide bonds. The highest BCUT2D eigenvalue weighted by molar-refractivity contribution is 14.0. The van der Waals surface area contributed by atoms with Crippen molar-refractivity contribution in [2.45, 2.75) is 52.8 Å². The van der Waals surface area contributed by atoms with Gasteiger partial charge in [-0.3, -0.25) is 9.89 Å². The monoisotopic (exact) mass is 533 g/mol. The summed E-state index contributed by atoms with van der Waals surface area (Å²) in [5.41, 5.74) is 0. The smallest absolute Gasteiger partial charge is 0.357 e. The van der Waals surface area contributed by atoms with E-state index in [0.717, 1.165) is 32.1 Å². The fraction of sp³-hybridized carbons (Fsp3) is 0.950. The van der Waals surface area contributed by atoms with Gasteiger partial charge in [0.2, 0.25) is 0 Å². The second kappa shape index (κ2) is 12.5. The van der Waals surface area contributed by atoms with Gasteiger partial charge in [-0.25, -0.2) is 0 Å². The predicted molar refractivity (Wildman–Crippen MR) is 124 cm³/mol. The number of guanidine groups is 1. The zero-order valence-corrected chi connectivity index (χ0v) is 20.7. The number of hydrogen-bond donors (Lipinski definition) is 1. The summed E-state index contributed by atoms with van der Waals surface area (Å²) in [5, 5.41) is 3.33. The van der Waals surface area contributed by atoms with Crippen LogP contribution in [0.5, 0.6) is 0 Å². The fourth-order valence-corrected chi connectivity index (χ4v) is 4.15. The van der Waals surface area contributed by atoms with Gasteiger partial charge < -0.3 is 15.1 Å². The van der Waals surface area contributed by atoms with Gasteiger partial charge in [0.05, 0.1) is 0 Å². The van der Waals surface area contributed by atoms with E-state index in [2.05, 4.69) is 29.0 Å². The van der Waals surface area contributed by atoms with Crippen LogP contribution in [0.25, 0.3) is 0 Å². The average molecular weight is 533 g/mol. The number of aliphatic imine (C=N–C) groups is 1. The lowest BCUT2D eigenvalue weighted by Crippen LogP contribution is -2.56. The van der Waals surface area contributed by atoms with Crippen molar-refractivity contribution < 1.29 is 13.2 Å². The number of alkyl halides is 3. The fourth-order valence-electron chi connectivity index (χ4n) is 4.15. The Morgan fingerprint density at radius 1 is 1.10 bits per heavy atom. The van der Waals surface area contributed by atoms with Crippen LogP contribution in [-0.2, 0) is 0 Å². The number of rotatable bonds is 6. The molecule has 2 unspecified atom stereocenters. The lowest BCUT2D eigenvalue weighted by Gasteiger charge is -2.40. The summed E-state index contributed by atoms with van der Waals surface area (Å²) in [7, 11) is 0. The number of piperazine rings is 1. The van der Waals surface area contributed by atoms with Gasteiger partial charge in [-0.1, -0.05) is 13.8 Å². The molecule has 0 aliphatic carbocycles. The van der Waals surface area contributed by atoms with Crippen molar-refractivity contribution in [3.05, 3.63) is 0 Å². The van der Waals surface area contributed by atoms with Crippen molar-refractivity contribution in [1.29, 1.82) is 0 Å². The summed E-state index contributed by atoms with van der Waals surface area (Å²) in [4.78, 5) is 11.0. The Labute approximate surface area is 191 Å². The Morgan fingerprint density at radius 3 is 2.31 bits per heavy atom. The van der Waals surface area contributed by atoms with Crippen molar-refractivity contribution in [3.8, 4) is 0 Å². The van der Waals surface area contributed by atoms with Crippen molar-refractivity contribution in [2.75, 3.05) is 58.9 Å². The van der Waals surface area contributed by atoms with Crippen LogP contribution in [0.2, 0.25) is 0 Å². The van der Waals surface area contributed by atoms with Crippen molar-refractivity contribution in [1.82, 2.24) is 20.0 Å². The third-order valence-corrected chi connectivity index (χ3v) is 5.70. The maximum Gasteiger partial charge on any atom is 0.403 e. The molecule has 172 valence electrons. The zero-order chi connectivity index (χ0) is 20.7. The molecule has 0 aromatic rings. The van der Waals surface area contributed by atoms with Gasteiger partial charge in [0.25, 0.3) is 0 Å². The highest BCUT2D eigenvalue weighted by Gasteiger charge is 2.41. The maximum atomic E-state index is 13.0. The van der Waals surface area contributed by atoms with Crippen molar-refractivity contribution >= 4 is 29.9 Å². The molecule has 0 aromatic carbocycles. The quantitative estimate of drug-likeness (QED) is 0.322. The normalized spacial score (nSPS) is 23.8. The van der Waals surface area contributed by atoms with Gasteiger partial charge in [0.15, 0.2) is 5.96 Å². The minimum absolute atomic E-state index is 0. The molecule has 5 nitrogen and oxygen atoms in total. The molecule has 2 heterocycles. The van der Waals surface area contributed by atoms with Gasteiger partial charge in [-0.2, -0.15) is 13.2 Å². The topological polar surface area (TPSA) is 34.1 Å². The number of piperidine rings is 1. The van der Waals surface area contributed by atoms with Crippen LogP contribution in [0.15, 0.2) is 4.99 Å². The molecule has 2 atom stereocenters. The molecule has 2 fully saturated rings. The summed E-state index contributed by atoms with van der Waals surface area (Å²) < 4.78 is 38.9. The second-order valence-corrected chi connectivity index (χ2v) is 8.60. The zero-order valence-electron chi connectivity index (χ0n) is 18.3. The Balaban J connectivity index is 0.00000420. The summed E-state index contributed by atoms with van der Waals surface area (Å²) in [6.45, 7) is 14.7. The van der Waals surface area contributed by atoms with Crippen LogP contribution in [0.1, 0.15) is 40.5 Å². The Kier molecular flexibility index (Phi) is 11.6. The maximum absolute atomic E-state index is 13.0. The van der Waals surface area contributed by atoms with Gasteiger partial charge in [-0.05, 0) is 45.1 Å². The second-order valence-electron chi connectivity index (χ2n) is 8.60. The molecule has 0 aromatic heterocycles. The number of hydrogen-bond acceptors (Lipinski definition) is 3. The van der Waals surface area contributed by atoms with Gasteiger partial charge in [0, 0.05) is 52.4 Å². The molecule has 2 rings (SSSR count). The first kappa shape index (κ1) is 26.7. The SMILES string of the molecule is CCNC(=NCC1CCCN(CC(C)C)C1)N1CCN(C(C)C(F)(F)F)CC1.I. The molecule has 0 radical (unpaired) electrons. The molecule has 9 heteroatoms. The van der Waals surface area contributed by atoms with E-state index >= 15 is 0 Å². The number of nitrogens with zero attached hydrogens (tertiary/aromatic N) is 4. The molecule has 2 aliphatic heterocycles. The van der Waals surface area contributed by atoms with Crippen LogP contribution in [0.4, 0.5) is 13.2 Å². The first-order chi connectivity index (χ1) is 13.2. The van der Waals surface area contributed by atoms with Crippen LogP contribution < -0.4 is 5.32 Å². The molecule has 29 heavy (non-hydrogen) atoms. The summed E-state index contributed by atoms with van der Waals surface area (Å²) in [5.74, 6) is 2.09. The van der Waals surface area contributed by atoms with Crippen LogP contribution in [0, 0.1) is 11.8 Å². The summed E-state index contributed by atoms with van der Waals surface area (Å²) in [6, 6.07) is -1.39. The number of nitrogens with one attached hydrogen (secondary N) is 1. The van der Waals surface area contributed by atoms with Crippen LogP contribution >= 0.6 is 24.0 Å². The summed E-state index contributed by atoms with van der Waals surface area (Å²) >= 11 is 0. The lowest BCUT2D eigenvalue weighted by molar-refractivity contribution is -0.181. The first-order valence-electron chi connectivity index (χ1n) is 10.8. The predicted octanol–water partition coefficient (Wildman–Crippen LogP) is 3.51. The molecule has 0 saturated carbocycles. The molecule has 0 spiro atoms. The summed E-state index contributed by atoms with van der Waals surface area (Å²) in [6.07, 6.45) is -1.74. The Morgan fingerprint density at radius 2 is 1.76 bits per heavy atom. The molecular formula is C20H39F3IN5. The molecule has 0 bridgehead atoms. The highest BCUT2D eigenvalue weighted by atomic mass is 127. The minimum Gasteiger partial charge on any atom is -0.357 e. The van der Waals surface area contributed by atoms with E-state index in [1.807, 2.05) is 6.92 Å². The van der Waals surface area contributed by atoms with E-state index in [1.54, 1.807) is 0 Å². The first-order valence-corrected chi connectivity index (χ1v) is 10.8. The Hall–Kier alpha value is -0.290. The lowest BCUT2D eigenvalue weighted by atomic mass is 9.97. The van der Waals surface area contributed by atoms with Gasteiger partial charge in [-0.15, -0.1) is 24.0 Å². The van der Waals surface area contributed by atoms with Gasteiger partial charge in [0.1, 0.15) is 6.04 Å². The van der Waals surface area contributed by atoms with Crippen LogP contribution in [0.3, 0.4) is 0 Å². The van der Waals surface area contributed by atoms with E-state index in [1.165, 1.54) is 31.2 Å². The van der Waals surface area contributed by atoms with Crippen molar-refractivity contribution in [3.63, 3.8) is 0 Å².